The van der Waals surface area contributed by atoms with Crippen LogP contribution in [0.25, 0.3) is 22.3 Å². The van der Waals surface area contributed by atoms with Gasteiger partial charge in [-0.1, -0.05) is 83.9 Å². The number of halogens is 1. The van der Waals surface area contributed by atoms with Crippen molar-refractivity contribution in [2.45, 2.75) is 26.3 Å². The highest BCUT2D eigenvalue weighted by Gasteiger charge is 2.10. The average molecular weight is 667 g/mol. The maximum absolute atomic E-state index is 10.8. The fourth-order valence-corrected chi connectivity index (χ4v) is 4.42. The van der Waals surface area contributed by atoms with E-state index in [0.29, 0.717) is 23.0 Å². The van der Waals surface area contributed by atoms with Crippen LogP contribution in [-0.2, 0) is 17.2 Å². The molecule has 0 spiro atoms. The molecule has 0 amide bonds. The number of furan rings is 2. The van der Waals surface area contributed by atoms with Crippen molar-refractivity contribution < 1.29 is 38.1 Å². The number of aromatic carboxylic acids is 1. The minimum Gasteiger partial charge on any atom is -0.508 e. The van der Waals surface area contributed by atoms with Gasteiger partial charge in [-0.2, -0.15) is 0 Å². The summed E-state index contributed by atoms with van der Waals surface area (Å²) in [6, 6.07) is 37.9. The number of phenolic OH excluding ortho intramolecular Hbond substituents is 1. The Morgan fingerprint density at radius 3 is 1.50 bits per heavy atom. The molecule has 0 aliphatic rings. The number of rotatable bonds is 8. The van der Waals surface area contributed by atoms with E-state index < -0.39 is 11.9 Å². The lowest BCUT2D eigenvalue weighted by molar-refractivity contribution is 0.0562. The monoisotopic (exact) mass is 666 g/mol. The topological polar surface area (TPSA) is 119 Å². The van der Waals surface area contributed by atoms with Gasteiger partial charge in [-0.3, -0.25) is 0 Å². The Kier molecular flexibility index (Phi) is 12.6. The average Bonchev–Trinajstić information content (AvgIpc) is 3.80. The van der Waals surface area contributed by atoms with Crippen molar-refractivity contribution in [3.05, 3.63) is 155 Å². The predicted octanol–water partition coefficient (Wildman–Crippen LogP) is 9.70. The van der Waals surface area contributed by atoms with Crippen LogP contribution in [0.2, 0.25) is 0 Å². The quantitative estimate of drug-likeness (QED) is 0.122. The number of hydrogen-bond donors (Lipinski definition) is 2. The predicted molar refractivity (Wildman–Crippen MR) is 184 cm³/mol. The van der Waals surface area contributed by atoms with Gasteiger partial charge in [0.25, 0.3) is 0 Å². The van der Waals surface area contributed by atoms with E-state index in [1.165, 1.54) is 35.9 Å². The Morgan fingerprint density at radius 1 is 0.625 bits per heavy atom. The van der Waals surface area contributed by atoms with Crippen molar-refractivity contribution in [1.82, 2.24) is 0 Å². The van der Waals surface area contributed by atoms with Crippen molar-refractivity contribution in [3.63, 3.8) is 0 Å². The van der Waals surface area contributed by atoms with E-state index in [1.54, 1.807) is 24.3 Å². The van der Waals surface area contributed by atoms with E-state index in [4.69, 9.17) is 35.4 Å². The molecular weight excluding hydrogens is 632 g/mol. The molecule has 246 valence electrons. The van der Waals surface area contributed by atoms with Gasteiger partial charge in [-0.05, 0) is 84.6 Å². The molecule has 6 rings (SSSR count). The number of carboxylic acids is 1. The Labute approximate surface area is 283 Å². The number of alkyl halides is 1. The van der Waals surface area contributed by atoms with Gasteiger partial charge >= 0.3 is 11.9 Å². The van der Waals surface area contributed by atoms with Gasteiger partial charge in [-0.15, -0.1) is 11.6 Å². The van der Waals surface area contributed by atoms with E-state index in [1.807, 2.05) is 36.4 Å². The molecule has 0 fully saturated rings. The van der Waals surface area contributed by atoms with E-state index in [0.717, 1.165) is 16.7 Å². The van der Waals surface area contributed by atoms with Crippen molar-refractivity contribution in [2.75, 3.05) is 7.11 Å². The second-order valence-electron chi connectivity index (χ2n) is 10.6. The summed E-state index contributed by atoms with van der Waals surface area (Å²) in [5.41, 5.74) is 7.06. The Morgan fingerprint density at radius 2 is 1.06 bits per heavy atom. The normalized spacial score (nSPS) is 10.2. The maximum Gasteiger partial charge on any atom is 0.373 e. The van der Waals surface area contributed by atoms with Crippen LogP contribution in [0.1, 0.15) is 43.8 Å². The van der Waals surface area contributed by atoms with Gasteiger partial charge in [0.15, 0.2) is 0 Å². The molecule has 0 saturated carbocycles. The Hall–Kier alpha value is -5.73. The zero-order valence-corrected chi connectivity index (χ0v) is 27.4. The summed E-state index contributed by atoms with van der Waals surface area (Å²) in [5, 5.41) is 18.0. The van der Waals surface area contributed by atoms with Crippen LogP contribution in [0.4, 0.5) is 0 Å². The third-order valence-corrected chi connectivity index (χ3v) is 7.19. The number of aromatic hydroxyl groups is 1. The molecule has 0 bridgehead atoms. The lowest BCUT2D eigenvalue weighted by Crippen LogP contribution is -1.98. The minimum atomic E-state index is -1.08. The molecule has 2 aromatic heterocycles. The molecule has 0 saturated heterocycles. The third kappa shape index (κ3) is 10.4. The molecule has 9 heteroatoms. The summed E-state index contributed by atoms with van der Waals surface area (Å²) in [7, 11) is 1.30. The Bertz CT molecular complexity index is 1840. The number of benzene rings is 4. The van der Waals surface area contributed by atoms with Crippen LogP contribution in [0.3, 0.4) is 0 Å². The van der Waals surface area contributed by atoms with Crippen LogP contribution < -0.4 is 4.74 Å². The molecule has 0 radical (unpaired) electrons. The summed E-state index contributed by atoms with van der Waals surface area (Å²) in [6.07, 6.45) is 0. The minimum absolute atomic E-state index is 0.0849. The van der Waals surface area contributed by atoms with Crippen LogP contribution in [0.15, 0.2) is 130 Å². The number of carboxylic acid groups (broad SMARTS) is 1. The second kappa shape index (κ2) is 17.3. The highest BCUT2D eigenvalue weighted by molar-refractivity contribution is 6.16. The van der Waals surface area contributed by atoms with Gasteiger partial charge in [0.1, 0.15) is 29.6 Å². The number of hydrogen-bond acceptors (Lipinski definition) is 7. The van der Waals surface area contributed by atoms with Crippen LogP contribution in [0, 0.1) is 13.8 Å². The lowest BCUT2D eigenvalue weighted by atomic mass is 10.0. The standard InChI is InChI=1S/C19H16O4.C13H12O.C7H7ClO3/c1-13-2-4-14(5-3-13)15-6-8-16(9-7-15)22-12-17-10-11-18(23-17)19(20)21;1-10-2-4-11(5-3-10)12-6-8-13(14)9-7-12;1-10-7(9)6-3-2-5(4-8)11-6/h2-11H,12H2,1H3,(H,20,21);2-9,14H,1H3;2-3H,4H2,1H3. The number of aryl methyl sites for hydroxylation is 2. The molecule has 4 aromatic carbocycles. The number of phenols is 1. The highest BCUT2D eigenvalue weighted by atomic mass is 35.5. The molecule has 0 unspecified atom stereocenters. The summed E-state index contributed by atoms with van der Waals surface area (Å²) >= 11 is 5.44. The van der Waals surface area contributed by atoms with E-state index in [9.17, 15) is 9.59 Å². The van der Waals surface area contributed by atoms with E-state index in [2.05, 4.69) is 67.1 Å². The van der Waals surface area contributed by atoms with Crippen molar-refractivity contribution in [1.29, 1.82) is 0 Å². The first-order chi connectivity index (χ1) is 23.1. The van der Waals surface area contributed by atoms with Crippen LogP contribution >= 0.6 is 11.6 Å². The molecular formula is C39H35ClO8. The summed E-state index contributed by atoms with van der Waals surface area (Å²) in [5.74, 6) is 0.838. The molecule has 2 heterocycles. The third-order valence-electron chi connectivity index (χ3n) is 6.92. The zero-order chi connectivity index (χ0) is 34.5. The smallest absolute Gasteiger partial charge is 0.373 e. The number of ether oxygens (including phenoxy) is 2. The molecule has 0 aliphatic carbocycles. The summed E-state index contributed by atoms with van der Waals surface area (Å²) in [4.78, 5) is 21.5. The van der Waals surface area contributed by atoms with E-state index >= 15 is 0 Å². The number of carbonyl (C=O) groups excluding carboxylic acids is 1. The molecule has 0 atom stereocenters. The van der Waals surface area contributed by atoms with Crippen molar-refractivity contribution >= 4 is 23.5 Å². The van der Waals surface area contributed by atoms with Crippen LogP contribution in [0.5, 0.6) is 11.5 Å². The van der Waals surface area contributed by atoms with Crippen molar-refractivity contribution in [2.24, 2.45) is 0 Å². The number of esters is 1. The molecule has 2 N–H and O–H groups in total. The number of carbonyl (C=O) groups is 2. The van der Waals surface area contributed by atoms with E-state index in [-0.39, 0.29) is 24.0 Å². The first-order valence-corrected chi connectivity index (χ1v) is 15.4. The lowest BCUT2D eigenvalue weighted by Gasteiger charge is -2.06. The first kappa shape index (κ1) is 35.1. The fraction of sp³-hybridized carbons (Fsp3) is 0.128. The summed E-state index contributed by atoms with van der Waals surface area (Å²) in [6.45, 7) is 4.32. The first-order valence-electron chi connectivity index (χ1n) is 14.9. The van der Waals surface area contributed by atoms with Gasteiger partial charge in [0.05, 0.1) is 13.0 Å². The zero-order valence-electron chi connectivity index (χ0n) is 26.7. The largest absolute Gasteiger partial charge is 0.508 e. The van der Waals surface area contributed by atoms with Crippen LogP contribution in [-0.4, -0.2) is 29.3 Å². The van der Waals surface area contributed by atoms with Gasteiger partial charge in [-0.25, -0.2) is 9.59 Å². The molecule has 48 heavy (non-hydrogen) atoms. The highest BCUT2D eigenvalue weighted by Crippen LogP contribution is 2.24. The molecule has 0 aliphatic heterocycles. The van der Waals surface area contributed by atoms with Gasteiger partial charge in [0.2, 0.25) is 11.5 Å². The molecule has 6 aromatic rings. The maximum atomic E-state index is 10.8. The second-order valence-corrected chi connectivity index (χ2v) is 10.8. The van der Waals surface area contributed by atoms with Gasteiger partial charge < -0.3 is 28.5 Å². The number of methoxy groups -OCH3 is 1. The Balaban J connectivity index is 0.000000177. The summed E-state index contributed by atoms with van der Waals surface area (Å²) < 4.78 is 20.2. The fourth-order valence-electron chi connectivity index (χ4n) is 4.27. The SMILES string of the molecule is COC(=O)c1ccc(CCl)o1.Cc1ccc(-c2ccc(O)cc2)cc1.Cc1ccc(-c2ccc(OCc3ccc(C(=O)O)o3)cc2)cc1. The van der Waals surface area contributed by atoms with Gasteiger partial charge in [0, 0.05) is 0 Å². The molecule has 8 nitrogen and oxygen atoms in total. The van der Waals surface area contributed by atoms with Crippen molar-refractivity contribution in [3.8, 4) is 33.8 Å².